The van der Waals surface area contributed by atoms with Crippen LogP contribution in [0.25, 0.3) is 0 Å². The summed E-state index contributed by atoms with van der Waals surface area (Å²) >= 11 is 0. The van der Waals surface area contributed by atoms with Crippen LogP contribution < -0.4 is 0 Å². The van der Waals surface area contributed by atoms with Crippen molar-refractivity contribution >= 4 is 11.9 Å². The van der Waals surface area contributed by atoms with Gasteiger partial charge in [0.2, 0.25) is 0 Å². The number of esters is 2. The molecule has 5 heteroatoms. The van der Waals surface area contributed by atoms with Crippen molar-refractivity contribution in [3.63, 3.8) is 0 Å². The fourth-order valence-electron chi connectivity index (χ4n) is 8.43. The molecule has 0 bridgehead atoms. The van der Waals surface area contributed by atoms with E-state index < -0.39 is 6.10 Å². The van der Waals surface area contributed by atoms with Gasteiger partial charge < -0.3 is 14.6 Å². The van der Waals surface area contributed by atoms with Crippen molar-refractivity contribution < 1.29 is 24.2 Å². The zero-order valence-electron chi connectivity index (χ0n) is 51.3. The molecular formula is C75H118O5. The average Bonchev–Trinajstić information content (AvgIpc) is 3.46. The van der Waals surface area contributed by atoms with Gasteiger partial charge in [0.05, 0.1) is 6.61 Å². The maximum absolute atomic E-state index is 12.4. The van der Waals surface area contributed by atoms with Gasteiger partial charge in [0.25, 0.3) is 0 Å². The molecule has 0 aromatic rings. The molecule has 0 aliphatic carbocycles. The van der Waals surface area contributed by atoms with E-state index in [-0.39, 0.29) is 25.2 Å². The molecule has 0 amide bonds. The molecule has 0 spiro atoms. The van der Waals surface area contributed by atoms with Gasteiger partial charge >= 0.3 is 11.9 Å². The monoisotopic (exact) mass is 1100 g/mol. The second-order valence-corrected chi connectivity index (χ2v) is 20.7. The minimum atomic E-state index is -0.792. The van der Waals surface area contributed by atoms with E-state index in [1.807, 2.05) is 0 Å². The summed E-state index contributed by atoms with van der Waals surface area (Å²) in [4.78, 5) is 24.6. The van der Waals surface area contributed by atoms with Crippen molar-refractivity contribution in [3.8, 4) is 0 Å². The van der Waals surface area contributed by atoms with Crippen LogP contribution in [0.4, 0.5) is 0 Å². The van der Waals surface area contributed by atoms with Gasteiger partial charge in [0.15, 0.2) is 6.10 Å². The Balaban J connectivity index is 3.59. The van der Waals surface area contributed by atoms with E-state index in [2.05, 4.69) is 196 Å². The summed E-state index contributed by atoms with van der Waals surface area (Å²) < 4.78 is 10.7. The highest BCUT2D eigenvalue weighted by Crippen LogP contribution is 2.15. The number of unbranched alkanes of at least 4 members (excludes halogenated alkanes) is 19. The third-order valence-electron chi connectivity index (χ3n) is 13.2. The highest BCUT2D eigenvalue weighted by molar-refractivity contribution is 5.70. The third kappa shape index (κ3) is 65.5. The van der Waals surface area contributed by atoms with Crippen LogP contribution in [-0.2, 0) is 19.1 Å². The second kappa shape index (κ2) is 68.3. The number of aliphatic hydroxyl groups is 1. The molecule has 1 atom stereocenters. The summed E-state index contributed by atoms with van der Waals surface area (Å²) in [5, 5.41) is 9.69. The van der Waals surface area contributed by atoms with Gasteiger partial charge in [-0.1, -0.05) is 292 Å². The first kappa shape index (κ1) is 75.0. The topological polar surface area (TPSA) is 72.8 Å². The molecule has 0 aliphatic heterocycles. The normalized spacial score (nSPS) is 13.5. The van der Waals surface area contributed by atoms with Crippen molar-refractivity contribution in [2.75, 3.05) is 13.2 Å². The largest absolute Gasteiger partial charge is 0.462 e. The van der Waals surface area contributed by atoms with Crippen molar-refractivity contribution in [2.24, 2.45) is 0 Å². The summed E-state index contributed by atoms with van der Waals surface area (Å²) in [6.45, 7) is 3.90. The summed E-state index contributed by atoms with van der Waals surface area (Å²) in [6.07, 6.45) is 107. The van der Waals surface area contributed by atoms with Crippen LogP contribution in [0.2, 0.25) is 0 Å². The minimum Gasteiger partial charge on any atom is -0.462 e. The molecule has 0 aromatic carbocycles. The van der Waals surface area contributed by atoms with Gasteiger partial charge in [-0.25, -0.2) is 0 Å². The summed E-state index contributed by atoms with van der Waals surface area (Å²) in [5.41, 5.74) is 0. The Morgan fingerprint density at radius 3 is 0.750 bits per heavy atom. The molecule has 0 heterocycles. The second-order valence-electron chi connectivity index (χ2n) is 20.7. The Kier molecular flexibility index (Phi) is 64.0. The Morgan fingerprint density at radius 2 is 0.500 bits per heavy atom. The molecule has 80 heavy (non-hydrogen) atoms. The Labute approximate surface area is 493 Å². The quantitative estimate of drug-likeness (QED) is 0.0373. The molecule has 0 rings (SSSR count). The minimum absolute atomic E-state index is 0.0819. The molecule has 0 aliphatic rings. The highest BCUT2D eigenvalue weighted by Gasteiger charge is 2.16. The van der Waals surface area contributed by atoms with Crippen LogP contribution in [0.15, 0.2) is 182 Å². The fourth-order valence-corrected chi connectivity index (χ4v) is 8.43. The Hall–Kier alpha value is -5.00. The predicted molar refractivity (Wildman–Crippen MR) is 352 cm³/mol. The Morgan fingerprint density at radius 1 is 0.287 bits per heavy atom. The maximum atomic E-state index is 12.4. The number of hydrogen-bond donors (Lipinski definition) is 1. The van der Waals surface area contributed by atoms with E-state index in [0.29, 0.717) is 12.8 Å². The van der Waals surface area contributed by atoms with Gasteiger partial charge in [0, 0.05) is 12.8 Å². The molecule has 5 nitrogen and oxygen atoms in total. The van der Waals surface area contributed by atoms with E-state index in [4.69, 9.17) is 9.47 Å². The standard InChI is InChI=1S/C75H118O5/c1-3-5-7-9-11-13-15-17-19-21-23-25-27-29-31-33-35-36-37-38-40-42-44-46-48-50-52-54-56-58-60-62-64-66-68-70-75(78)80-73(71-76)72-79-74(77)69-67-65-63-61-59-57-55-53-51-49-47-45-43-41-39-34-32-30-28-26-24-22-20-18-16-14-12-10-8-6-4-2/h5-8,11-14,17-20,23-26,29-32,35-36,38-41,44-47,73,76H,3-4,9-10,15-16,21-22,27-28,33-34,37,42-43,48-72H2,1-2H3/b7-5-,8-6-,13-11-,14-12-,19-17-,20-18-,25-23-,26-24-,31-29-,32-30-,36-35-,40-38-,41-39-,46-44-,47-45-. The molecule has 0 fully saturated rings. The smallest absolute Gasteiger partial charge is 0.306 e. The summed E-state index contributed by atoms with van der Waals surface area (Å²) in [6, 6.07) is 0. The van der Waals surface area contributed by atoms with Crippen molar-refractivity contribution in [3.05, 3.63) is 182 Å². The number of ether oxygens (including phenoxy) is 2. The number of hydrogen-bond acceptors (Lipinski definition) is 5. The lowest BCUT2D eigenvalue weighted by molar-refractivity contribution is -0.161. The molecule has 0 saturated carbocycles. The summed E-state index contributed by atoms with van der Waals surface area (Å²) in [7, 11) is 0. The lowest BCUT2D eigenvalue weighted by Gasteiger charge is -2.15. The molecule has 0 aromatic heterocycles. The van der Waals surface area contributed by atoms with Gasteiger partial charge in [-0.05, 0) is 135 Å². The first-order valence-corrected chi connectivity index (χ1v) is 32.3. The molecule has 1 N–H and O–H groups in total. The SMILES string of the molecule is CC/C=C\C/C=C\C/C=C\C/C=C\C/C=C\C/C=C\C/C=C\C/C=C\CCCCCCCCCCCCC(=O)OC(CO)COC(=O)CCCCCCCCCCC/C=C\C/C=C\C/C=C\C/C=C\C/C=C\C/C=C\C/C=C\CC. The first-order valence-electron chi connectivity index (χ1n) is 32.3. The van der Waals surface area contributed by atoms with E-state index in [0.717, 1.165) is 141 Å². The van der Waals surface area contributed by atoms with Gasteiger partial charge in [-0.15, -0.1) is 0 Å². The van der Waals surface area contributed by atoms with E-state index in [1.165, 1.54) is 89.9 Å². The van der Waals surface area contributed by atoms with Crippen LogP contribution in [0.3, 0.4) is 0 Å². The van der Waals surface area contributed by atoms with Crippen molar-refractivity contribution in [2.45, 2.75) is 264 Å². The van der Waals surface area contributed by atoms with Crippen LogP contribution >= 0.6 is 0 Å². The molecule has 448 valence electrons. The molecular weight excluding hydrogens is 981 g/mol. The average molecular weight is 1100 g/mol. The molecule has 1 unspecified atom stereocenters. The lowest BCUT2D eigenvalue weighted by Crippen LogP contribution is -2.28. The van der Waals surface area contributed by atoms with Crippen molar-refractivity contribution in [1.29, 1.82) is 0 Å². The third-order valence-corrected chi connectivity index (χ3v) is 13.2. The van der Waals surface area contributed by atoms with Gasteiger partial charge in [-0.2, -0.15) is 0 Å². The van der Waals surface area contributed by atoms with Crippen LogP contribution in [0.1, 0.15) is 258 Å². The number of allylic oxidation sites excluding steroid dienone is 30. The Bertz CT molecular complexity index is 1820. The zero-order chi connectivity index (χ0) is 57.6. The van der Waals surface area contributed by atoms with Crippen LogP contribution in [0.5, 0.6) is 0 Å². The highest BCUT2D eigenvalue weighted by atomic mass is 16.6. The lowest BCUT2D eigenvalue weighted by atomic mass is 10.0. The summed E-state index contributed by atoms with van der Waals surface area (Å²) in [5.74, 6) is -0.612. The van der Waals surface area contributed by atoms with Gasteiger partial charge in [-0.3, -0.25) is 9.59 Å². The van der Waals surface area contributed by atoms with Crippen LogP contribution in [0, 0.1) is 0 Å². The number of rotatable bonds is 57. The van der Waals surface area contributed by atoms with E-state index in [1.54, 1.807) is 0 Å². The molecule has 0 saturated heterocycles. The fraction of sp³-hybridized carbons (Fsp3) is 0.573. The van der Waals surface area contributed by atoms with Crippen LogP contribution in [-0.4, -0.2) is 36.4 Å². The number of carbonyl (C=O) groups excluding carboxylic acids is 2. The maximum Gasteiger partial charge on any atom is 0.306 e. The predicted octanol–water partition coefficient (Wildman–Crippen LogP) is 22.6. The number of aliphatic hydroxyl groups excluding tert-OH is 1. The van der Waals surface area contributed by atoms with Crippen molar-refractivity contribution in [1.82, 2.24) is 0 Å². The zero-order valence-corrected chi connectivity index (χ0v) is 51.3. The molecule has 0 radical (unpaired) electrons. The van der Waals surface area contributed by atoms with E-state index >= 15 is 0 Å². The van der Waals surface area contributed by atoms with E-state index in [9.17, 15) is 14.7 Å². The number of carbonyl (C=O) groups is 2. The van der Waals surface area contributed by atoms with Gasteiger partial charge in [0.1, 0.15) is 6.61 Å². The first-order chi connectivity index (χ1) is 39.6.